The first-order valence-electron chi connectivity index (χ1n) is 9.20. The molecule has 0 aromatic heterocycles. The summed E-state index contributed by atoms with van der Waals surface area (Å²) in [6.07, 6.45) is 7.42. The zero-order valence-corrected chi connectivity index (χ0v) is 18.9. The van der Waals surface area contributed by atoms with Crippen LogP contribution in [-0.4, -0.2) is 25.1 Å². The van der Waals surface area contributed by atoms with Crippen molar-refractivity contribution >= 4 is 35.3 Å². The van der Waals surface area contributed by atoms with E-state index in [9.17, 15) is 4.21 Å². The molecule has 0 radical (unpaired) electrons. The van der Waals surface area contributed by atoms with E-state index in [1.807, 2.05) is 24.3 Å². The van der Waals surface area contributed by atoms with Crippen LogP contribution in [0.15, 0.2) is 80.7 Å². The van der Waals surface area contributed by atoms with Crippen LogP contribution in [0.3, 0.4) is 0 Å². The van der Waals surface area contributed by atoms with Gasteiger partial charge in [0.2, 0.25) is 0 Å². The van der Waals surface area contributed by atoms with E-state index in [0.717, 1.165) is 24.2 Å². The van der Waals surface area contributed by atoms with Gasteiger partial charge in [-0.1, -0.05) is 0 Å². The number of aryl methyl sites for hydroxylation is 1. The van der Waals surface area contributed by atoms with Crippen molar-refractivity contribution in [1.82, 2.24) is 0 Å². The van der Waals surface area contributed by atoms with Gasteiger partial charge in [-0.2, -0.15) is 0 Å². The van der Waals surface area contributed by atoms with Gasteiger partial charge in [-0.15, -0.1) is 0 Å². The molecule has 3 heteroatoms. The summed E-state index contributed by atoms with van der Waals surface area (Å²) in [5, 5.41) is 0. The molecular formula is C23H28OSTe. The molecule has 0 amide bonds. The zero-order valence-electron chi connectivity index (χ0n) is 15.7. The van der Waals surface area contributed by atoms with Crippen molar-refractivity contribution in [3.63, 3.8) is 0 Å². The first-order chi connectivity index (χ1) is 12.7. The van der Waals surface area contributed by atoms with Gasteiger partial charge in [0.15, 0.2) is 0 Å². The molecule has 1 nitrogen and oxygen atoms in total. The van der Waals surface area contributed by atoms with E-state index in [4.69, 9.17) is 0 Å². The molecule has 0 saturated heterocycles. The summed E-state index contributed by atoms with van der Waals surface area (Å²) in [5.74, 6) is 0. The summed E-state index contributed by atoms with van der Waals surface area (Å²) < 4.78 is 16.0. The topological polar surface area (TPSA) is 17.1 Å². The van der Waals surface area contributed by atoms with Crippen molar-refractivity contribution in [2.24, 2.45) is 0 Å². The third-order valence-corrected chi connectivity index (χ3v) is 10.1. The van der Waals surface area contributed by atoms with Crippen LogP contribution in [0.4, 0.5) is 0 Å². The quantitative estimate of drug-likeness (QED) is 0.250. The Morgan fingerprint density at radius 1 is 1.08 bits per heavy atom. The molecule has 0 aliphatic carbocycles. The number of hydrogen-bond acceptors (Lipinski definition) is 1. The van der Waals surface area contributed by atoms with Gasteiger partial charge in [-0.05, 0) is 0 Å². The Hall–Kier alpha value is -1.14. The fraction of sp³-hybridized carbons (Fsp3) is 0.304. The number of hydrogen-bond donors (Lipinski definition) is 0. The molecule has 0 aliphatic heterocycles. The fourth-order valence-electron chi connectivity index (χ4n) is 2.66. The molecule has 1 atom stereocenters. The molecule has 2 aromatic rings. The van der Waals surface area contributed by atoms with Crippen LogP contribution in [0.25, 0.3) is 0 Å². The average Bonchev–Trinajstić information content (AvgIpc) is 2.67. The first kappa shape index (κ1) is 21.2. The second kappa shape index (κ2) is 11.5. The van der Waals surface area contributed by atoms with Crippen LogP contribution < -0.4 is 3.61 Å². The third kappa shape index (κ3) is 6.54. The van der Waals surface area contributed by atoms with Crippen molar-refractivity contribution in [1.29, 1.82) is 0 Å². The summed E-state index contributed by atoms with van der Waals surface area (Å²) in [4.78, 5) is 0.920. The van der Waals surface area contributed by atoms with Crippen LogP contribution in [0.1, 0.15) is 44.6 Å². The second-order valence-electron chi connectivity index (χ2n) is 6.34. The predicted molar refractivity (Wildman–Crippen MR) is 115 cm³/mol. The summed E-state index contributed by atoms with van der Waals surface area (Å²) >= 11 is -0.673. The maximum absolute atomic E-state index is 13.5. The van der Waals surface area contributed by atoms with E-state index in [-0.39, 0.29) is 0 Å². The minimum absolute atomic E-state index is 0.673. The molecule has 0 spiro atoms. The van der Waals surface area contributed by atoms with Gasteiger partial charge in [0.1, 0.15) is 0 Å². The molecule has 26 heavy (non-hydrogen) atoms. The predicted octanol–water partition coefficient (Wildman–Crippen LogP) is 5.50. The Bertz CT molecular complexity index is 748. The van der Waals surface area contributed by atoms with Gasteiger partial charge in [0.25, 0.3) is 0 Å². The number of rotatable bonds is 10. The summed E-state index contributed by atoms with van der Waals surface area (Å²) in [6, 6.07) is 18.7. The molecule has 0 N–H and O–H groups in total. The third-order valence-electron chi connectivity index (χ3n) is 4.12. The van der Waals surface area contributed by atoms with Gasteiger partial charge in [-0.25, -0.2) is 0 Å². The van der Waals surface area contributed by atoms with Gasteiger partial charge < -0.3 is 0 Å². The SMILES string of the molecule is C=CC/C(CCCCC)=C(\[Te]c1ccccc1)S(=O)c1ccc(C)cc1. The van der Waals surface area contributed by atoms with E-state index in [0.29, 0.717) is 0 Å². The van der Waals surface area contributed by atoms with Crippen LogP contribution in [0.2, 0.25) is 0 Å². The van der Waals surface area contributed by atoms with E-state index in [1.54, 1.807) is 0 Å². The average molecular weight is 480 g/mol. The number of unbranched alkanes of at least 4 members (excludes halogenated alkanes) is 2. The molecule has 0 saturated carbocycles. The Morgan fingerprint density at radius 2 is 1.77 bits per heavy atom. The molecule has 0 aliphatic rings. The standard InChI is InChI=1S/C23H28OSTe/c1-4-6-8-12-20(11-5-2)23(26-22-13-9-7-10-14-22)25(24)21-17-15-19(3)16-18-21/h5,7,9-10,13-18H,2,4,6,8,11-12H2,1,3H3/b23-20+. The molecule has 0 heterocycles. The second-order valence-corrected chi connectivity index (χ2v) is 11.7. The van der Waals surface area contributed by atoms with Crippen LogP contribution in [-0.2, 0) is 10.8 Å². The fourth-order valence-corrected chi connectivity index (χ4v) is 8.28. The Morgan fingerprint density at radius 3 is 2.38 bits per heavy atom. The van der Waals surface area contributed by atoms with Crippen molar-refractivity contribution in [3.05, 3.63) is 81.3 Å². The van der Waals surface area contributed by atoms with Crippen molar-refractivity contribution in [3.8, 4) is 0 Å². The summed E-state index contributed by atoms with van der Waals surface area (Å²) in [5.41, 5.74) is 2.55. The van der Waals surface area contributed by atoms with Gasteiger partial charge >= 0.3 is 172 Å². The van der Waals surface area contributed by atoms with E-state index in [2.05, 4.69) is 56.8 Å². The van der Waals surface area contributed by atoms with Gasteiger partial charge in [-0.3, -0.25) is 0 Å². The van der Waals surface area contributed by atoms with E-state index < -0.39 is 31.7 Å². The maximum atomic E-state index is 13.5. The number of benzene rings is 2. The van der Waals surface area contributed by atoms with Crippen molar-refractivity contribution < 1.29 is 4.21 Å². The molecular weight excluding hydrogens is 452 g/mol. The van der Waals surface area contributed by atoms with E-state index in [1.165, 1.54) is 30.5 Å². The monoisotopic (exact) mass is 482 g/mol. The molecule has 2 rings (SSSR count). The summed E-state index contributed by atoms with van der Waals surface area (Å²) in [7, 11) is -1.08. The molecule has 0 bridgehead atoms. The van der Waals surface area contributed by atoms with Crippen LogP contribution >= 0.6 is 0 Å². The van der Waals surface area contributed by atoms with E-state index >= 15 is 0 Å². The molecule has 0 fully saturated rings. The van der Waals surface area contributed by atoms with Gasteiger partial charge in [0.05, 0.1) is 0 Å². The normalized spacial score (nSPS) is 13.2. The first-order valence-corrected chi connectivity index (χ1v) is 12.7. The Balaban J connectivity index is 2.40. The molecule has 1 unspecified atom stereocenters. The van der Waals surface area contributed by atoms with Gasteiger partial charge in [0, 0.05) is 0 Å². The minimum atomic E-state index is -1.08. The Kier molecular flexibility index (Phi) is 9.40. The van der Waals surface area contributed by atoms with Crippen LogP contribution in [0, 0.1) is 6.92 Å². The Labute approximate surface area is 171 Å². The van der Waals surface area contributed by atoms with Crippen LogP contribution in [0.5, 0.6) is 0 Å². The zero-order chi connectivity index (χ0) is 18.8. The summed E-state index contributed by atoms with van der Waals surface area (Å²) in [6.45, 7) is 8.23. The van der Waals surface area contributed by atoms with Crippen molar-refractivity contribution in [2.45, 2.75) is 50.8 Å². The molecule has 138 valence electrons. The molecule has 2 aromatic carbocycles. The number of allylic oxidation sites excluding steroid dienone is 2. The van der Waals surface area contributed by atoms with Crippen molar-refractivity contribution in [2.75, 3.05) is 0 Å².